The van der Waals surface area contributed by atoms with Crippen molar-refractivity contribution in [2.24, 2.45) is 11.7 Å². The summed E-state index contributed by atoms with van der Waals surface area (Å²) in [6.07, 6.45) is 5.50. The van der Waals surface area contributed by atoms with Crippen LogP contribution < -0.4 is 5.73 Å². The molecule has 14 heavy (non-hydrogen) atoms. The van der Waals surface area contributed by atoms with Gasteiger partial charge in [0, 0.05) is 19.8 Å². The second kappa shape index (κ2) is 7.21. The summed E-state index contributed by atoms with van der Waals surface area (Å²) in [5.41, 5.74) is 5.53. The molecule has 1 fully saturated rings. The zero-order chi connectivity index (χ0) is 10.2. The molecule has 0 aromatic carbocycles. The van der Waals surface area contributed by atoms with Gasteiger partial charge in [-0.1, -0.05) is 19.3 Å². The molecule has 3 nitrogen and oxygen atoms in total. The highest BCUT2D eigenvalue weighted by molar-refractivity contribution is 4.69. The van der Waals surface area contributed by atoms with Gasteiger partial charge in [-0.15, -0.1) is 0 Å². The molecule has 84 valence electrons. The van der Waals surface area contributed by atoms with E-state index in [1.165, 1.54) is 25.7 Å². The summed E-state index contributed by atoms with van der Waals surface area (Å²) in [5, 5.41) is 0. The van der Waals surface area contributed by atoms with Gasteiger partial charge in [0.25, 0.3) is 0 Å². The Morgan fingerprint density at radius 2 is 2.21 bits per heavy atom. The summed E-state index contributed by atoms with van der Waals surface area (Å²) in [5.74, 6) is 0.929. The van der Waals surface area contributed by atoms with Gasteiger partial charge in [-0.3, -0.25) is 0 Å². The van der Waals surface area contributed by atoms with E-state index >= 15 is 0 Å². The van der Waals surface area contributed by atoms with E-state index in [2.05, 4.69) is 0 Å². The van der Waals surface area contributed by atoms with Crippen molar-refractivity contribution in [3.05, 3.63) is 0 Å². The van der Waals surface area contributed by atoms with E-state index in [0.717, 1.165) is 12.5 Å². The van der Waals surface area contributed by atoms with Gasteiger partial charge in [0.05, 0.1) is 12.7 Å². The van der Waals surface area contributed by atoms with Crippen LogP contribution in [-0.2, 0) is 9.47 Å². The molecule has 3 heteroatoms. The van der Waals surface area contributed by atoms with Crippen molar-refractivity contribution in [1.82, 2.24) is 0 Å². The highest BCUT2D eigenvalue weighted by atomic mass is 16.5. The standard InChI is InChI=1S/C11H23NO2/c1-2-14-11(8-12)9-13-7-6-10-4-3-5-10/h10-11H,2-9,12H2,1H3. The molecule has 0 saturated heterocycles. The van der Waals surface area contributed by atoms with Gasteiger partial charge in [-0.05, 0) is 19.3 Å². The Bertz CT molecular complexity index is 137. The lowest BCUT2D eigenvalue weighted by Gasteiger charge is -2.25. The molecular formula is C11H23NO2. The van der Waals surface area contributed by atoms with E-state index in [0.29, 0.717) is 19.8 Å². The van der Waals surface area contributed by atoms with E-state index in [1.54, 1.807) is 0 Å². The summed E-state index contributed by atoms with van der Waals surface area (Å²) in [4.78, 5) is 0. The Hall–Kier alpha value is -0.120. The fraction of sp³-hybridized carbons (Fsp3) is 1.00. The Morgan fingerprint density at radius 1 is 1.43 bits per heavy atom. The van der Waals surface area contributed by atoms with Crippen molar-refractivity contribution in [2.75, 3.05) is 26.4 Å². The SMILES string of the molecule is CCOC(CN)COCCC1CCC1. The van der Waals surface area contributed by atoms with E-state index in [4.69, 9.17) is 15.2 Å². The third kappa shape index (κ3) is 4.40. The lowest BCUT2D eigenvalue weighted by atomic mass is 9.83. The number of ether oxygens (including phenoxy) is 2. The van der Waals surface area contributed by atoms with E-state index < -0.39 is 0 Å². The summed E-state index contributed by atoms with van der Waals surface area (Å²) < 4.78 is 10.9. The second-order valence-electron chi connectivity index (χ2n) is 3.97. The van der Waals surface area contributed by atoms with E-state index in [9.17, 15) is 0 Å². The van der Waals surface area contributed by atoms with Gasteiger partial charge in [0.2, 0.25) is 0 Å². The smallest absolute Gasteiger partial charge is 0.0930 e. The zero-order valence-electron chi connectivity index (χ0n) is 9.21. The number of rotatable bonds is 8. The van der Waals surface area contributed by atoms with Crippen molar-refractivity contribution < 1.29 is 9.47 Å². The average Bonchev–Trinajstić information content (AvgIpc) is 2.13. The van der Waals surface area contributed by atoms with Gasteiger partial charge in [-0.2, -0.15) is 0 Å². The summed E-state index contributed by atoms with van der Waals surface area (Å²) >= 11 is 0. The molecule has 0 bridgehead atoms. The highest BCUT2D eigenvalue weighted by Crippen LogP contribution is 2.29. The molecule has 1 aliphatic carbocycles. The molecule has 0 aromatic heterocycles. The Kier molecular flexibility index (Phi) is 6.15. The van der Waals surface area contributed by atoms with Crippen molar-refractivity contribution in [3.8, 4) is 0 Å². The van der Waals surface area contributed by atoms with Crippen LogP contribution in [0, 0.1) is 5.92 Å². The van der Waals surface area contributed by atoms with Crippen LogP contribution in [0.25, 0.3) is 0 Å². The molecule has 0 heterocycles. The largest absolute Gasteiger partial charge is 0.379 e. The van der Waals surface area contributed by atoms with Gasteiger partial charge < -0.3 is 15.2 Å². The molecule has 0 spiro atoms. The lowest BCUT2D eigenvalue weighted by molar-refractivity contribution is -0.0113. The molecular weight excluding hydrogens is 178 g/mol. The minimum absolute atomic E-state index is 0.0846. The lowest BCUT2D eigenvalue weighted by Crippen LogP contribution is -2.29. The first kappa shape index (κ1) is 12.0. The molecule has 2 N–H and O–H groups in total. The Labute approximate surface area is 86.9 Å². The van der Waals surface area contributed by atoms with Crippen LogP contribution in [-0.4, -0.2) is 32.5 Å². The van der Waals surface area contributed by atoms with Crippen molar-refractivity contribution in [3.63, 3.8) is 0 Å². The molecule has 1 unspecified atom stereocenters. The molecule has 0 amide bonds. The molecule has 1 rings (SSSR count). The van der Waals surface area contributed by atoms with Crippen LogP contribution in [0.15, 0.2) is 0 Å². The highest BCUT2D eigenvalue weighted by Gasteiger charge is 2.16. The number of hydrogen-bond donors (Lipinski definition) is 1. The summed E-state index contributed by atoms with van der Waals surface area (Å²) in [7, 11) is 0. The van der Waals surface area contributed by atoms with Crippen molar-refractivity contribution in [1.29, 1.82) is 0 Å². The molecule has 1 aliphatic rings. The number of nitrogens with two attached hydrogens (primary N) is 1. The third-order valence-electron chi connectivity index (χ3n) is 2.86. The predicted octanol–water partition coefficient (Wildman–Crippen LogP) is 1.56. The quantitative estimate of drug-likeness (QED) is 0.606. The maximum atomic E-state index is 5.54. The minimum atomic E-state index is 0.0846. The van der Waals surface area contributed by atoms with Crippen molar-refractivity contribution in [2.45, 2.75) is 38.7 Å². The molecule has 1 atom stereocenters. The minimum Gasteiger partial charge on any atom is -0.379 e. The van der Waals surface area contributed by atoms with Crippen LogP contribution in [0.3, 0.4) is 0 Å². The second-order valence-corrected chi connectivity index (χ2v) is 3.97. The Morgan fingerprint density at radius 3 is 2.71 bits per heavy atom. The van der Waals surface area contributed by atoms with Crippen LogP contribution in [0.5, 0.6) is 0 Å². The number of hydrogen-bond acceptors (Lipinski definition) is 3. The van der Waals surface area contributed by atoms with Gasteiger partial charge in [-0.25, -0.2) is 0 Å². The molecule has 1 saturated carbocycles. The maximum Gasteiger partial charge on any atom is 0.0930 e. The van der Waals surface area contributed by atoms with E-state index in [1.807, 2.05) is 6.92 Å². The topological polar surface area (TPSA) is 44.5 Å². The van der Waals surface area contributed by atoms with Gasteiger partial charge in [0.1, 0.15) is 0 Å². The van der Waals surface area contributed by atoms with Crippen LogP contribution in [0.4, 0.5) is 0 Å². The predicted molar refractivity (Wildman–Crippen MR) is 57.2 cm³/mol. The molecule has 0 radical (unpaired) electrons. The molecule has 0 aromatic rings. The van der Waals surface area contributed by atoms with Crippen LogP contribution >= 0.6 is 0 Å². The maximum absolute atomic E-state index is 5.54. The zero-order valence-corrected chi connectivity index (χ0v) is 9.21. The van der Waals surface area contributed by atoms with Gasteiger partial charge in [0.15, 0.2) is 0 Å². The third-order valence-corrected chi connectivity index (χ3v) is 2.86. The Balaban J connectivity index is 1.89. The monoisotopic (exact) mass is 201 g/mol. The summed E-state index contributed by atoms with van der Waals surface area (Å²) in [6.45, 7) is 4.77. The van der Waals surface area contributed by atoms with Gasteiger partial charge >= 0.3 is 0 Å². The first-order chi connectivity index (χ1) is 6.86. The fourth-order valence-electron chi connectivity index (χ4n) is 1.67. The first-order valence-corrected chi connectivity index (χ1v) is 5.76. The fourth-order valence-corrected chi connectivity index (χ4v) is 1.67. The average molecular weight is 201 g/mol. The van der Waals surface area contributed by atoms with E-state index in [-0.39, 0.29) is 6.10 Å². The normalized spacial score (nSPS) is 19.3. The summed E-state index contributed by atoms with van der Waals surface area (Å²) in [6, 6.07) is 0. The van der Waals surface area contributed by atoms with Crippen LogP contribution in [0.2, 0.25) is 0 Å². The van der Waals surface area contributed by atoms with Crippen molar-refractivity contribution >= 4 is 0 Å². The van der Waals surface area contributed by atoms with Crippen LogP contribution in [0.1, 0.15) is 32.6 Å². The molecule has 0 aliphatic heterocycles. The first-order valence-electron chi connectivity index (χ1n) is 5.76.